The fraction of sp³-hybridized carbons (Fsp3) is 0.0588. The Morgan fingerprint density at radius 2 is 1.35 bits per heavy atom. The highest BCUT2D eigenvalue weighted by Gasteiger charge is 2.51. The van der Waals surface area contributed by atoms with E-state index in [0.29, 0.717) is 11.1 Å². The van der Waals surface area contributed by atoms with Gasteiger partial charge in [0.15, 0.2) is 0 Å². The molecule has 0 saturated carbocycles. The molecule has 4 aromatic carbocycles. The van der Waals surface area contributed by atoms with Gasteiger partial charge in [-0.15, -0.1) is 0 Å². The smallest absolute Gasteiger partial charge is 0.0991 e. The average Bonchev–Trinajstić information content (AvgIpc) is 3.24. The molecular formula is C34H23N3. The number of benzene rings is 4. The van der Waals surface area contributed by atoms with Crippen LogP contribution in [-0.2, 0) is 5.41 Å². The van der Waals surface area contributed by atoms with Gasteiger partial charge in [0.1, 0.15) is 0 Å². The van der Waals surface area contributed by atoms with Crippen molar-refractivity contribution in [2.24, 2.45) is 0 Å². The van der Waals surface area contributed by atoms with Gasteiger partial charge in [0.2, 0.25) is 0 Å². The minimum Gasteiger partial charge on any atom is -0.310 e. The number of fused-ring (bicyclic) bond motifs is 7. The van der Waals surface area contributed by atoms with E-state index in [9.17, 15) is 10.5 Å². The number of nitriles is 2. The number of hydrogen-bond donors (Lipinski definition) is 0. The van der Waals surface area contributed by atoms with Crippen molar-refractivity contribution in [2.45, 2.75) is 12.3 Å². The van der Waals surface area contributed by atoms with Crippen molar-refractivity contribution >= 4 is 11.4 Å². The zero-order valence-electron chi connectivity index (χ0n) is 20.4. The highest BCUT2D eigenvalue weighted by atomic mass is 15.2. The molecule has 0 atom stereocenters. The van der Waals surface area contributed by atoms with Crippen LogP contribution in [-0.4, -0.2) is 0 Å². The van der Waals surface area contributed by atoms with Gasteiger partial charge in [0.25, 0.3) is 0 Å². The third kappa shape index (κ3) is 3.05. The van der Waals surface area contributed by atoms with Crippen molar-refractivity contribution < 1.29 is 0 Å². The topological polar surface area (TPSA) is 50.8 Å². The predicted octanol–water partition coefficient (Wildman–Crippen LogP) is 7.91. The standard InChI is InChI=1S/C34H23N3/c1-3-4-13-32-23(2)34(29-12-8-9-14-33(29)37(32)26-10-6-5-7-11-26)30-19-24(21-35)15-17-27(30)28-18-16-25(22-36)20-31(28)34/h3-20H,1H2,2H3/b13-4-. The SMILES string of the molecule is C=C/C=C\C1=C(C)C2(c3cc(C#N)ccc3-c3ccc(C#N)cc32)c2ccccc2N1c1ccccc1. The minimum absolute atomic E-state index is 0.616. The van der Waals surface area contributed by atoms with E-state index < -0.39 is 5.41 Å². The molecule has 3 heteroatoms. The lowest BCUT2D eigenvalue weighted by Gasteiger charge is -2.45. The molecule has 4 aromatic rings. The van der Waals surface area contributed by atoms with Gasteiger partial charge in [0, 0.05) is 11.4 Å². The van der Waals surface area contributed by atoms with Gasteiger partial charge in [-0.25, -0.2) is 0 Å². The van der Waals surface area contributed by atoms with Gasteiger partial charge in [-0.1, -0.05) is 67.3 Å². The van der Waals surface area contributed by atoms with Crippen LogP contribution in [0.5, 0.6) is 0 Å². The van der Waals surface area contributed by atoms with Crippen LogP contribution in [0.15, 0.2) is 127 Å². The lowest BCUT2D eigenvalue weighted by atomic mass is 9.64. The monoisotopic (exact) mass is 473 g/mol. The van der Waals surface area contributed by atoms with Crippen molar-refractivity contribution in [1.82, 2.24) is 0 Å². The molecule has 6 rings (SSSR count). The molecule has 1 aliphatic heterocycles. The Hall–Kier alpha value is -5.12. The van der Waals surface area contributed by atoms with Crippen LogP contribution in [0.25, 0.3) is 11.1 Å². The Kier molecular flexibility index (Phi) is 5.15. The van der Waals surface area contributed by atoms with Crippen molar-refractivity contribution in [3.63, 3.8) is 0 Å². The molecule has 0 unspecified atom stereocenters. The molecule has 0 fully saturated rings. The van der Waals surface area contributed by atoms with Crippen LogP contribution >= 0.6 is 0 Å². The Labute approximate surface area is 217 Å². The molecule has 0 N–H and O–H groups in total. The van der Waals surface area contributed by atoms with Crippen molar-refractivity contribution in [1.29, 1.82) is 10.5 Å². The third-order valence-electron chi connectivity index (χ3n) is 7.54. The normalized spacial score (nSPS) is 14.6. The lowest BCUT2D eigenvalue weighted by molar-refractivity contribution is 0.716. The van der Waals surface area contributed by atoms with E-state index >= 15 is 0 Å². The van der Waals surface area contributed by atoms with E-state index in [1.54, 1.807) is 6.08 Å². The number of anilines is 2. The first-order valence-corrected chi connectivity index (χ1v) is 12.2. The van der Waals surface area contributed by atoms with E-state index in [1.807, 2.05) is 60.7 Å². The predicted molar refractivity (Wildman–Crippen MR) is 148 cm³/mol. The number of allylic oxidation sites excluding steroid dienone is 4. The van der Waals surface area contributed by atoms with Gasteiger partial charge in [-0.2, -0.15) is 10.5 Å². The van der Waals surface area contributed by atoms with Gasteiger partial charge >= 0.3 is 0 Å². The second-order valence-electron chi connectivity index (χ2n) is 9.29. The Bertz CT molecular complexity index is 1660. The maximum Gasteiger partial charge on any atom is 0.0991 e. The van der Waals surface area contributed by atoms with Gasteiger partial charge in [-0.3, -0.25) is 0 Å². The van der Waals surface area contributed by atoms with Crippen LogP contribution in [0.2, 0.25) is 0 Å². The van der Waals surface area contributed by atoms with Crippen molar-refractivity contribution in [3.05, 3.63) is 155 Å². The summed E-state index contributed by atoms with van der Waals surface area (Å²) in [6, 6.07) is 35.4. The first kappa shape index (κ1) is 22.4. The summed E-state index contributed by atoms with van der Waals surface area (Å²) in [7, 11) is 0. The summed E-state index contributed by atoms with van der Waals surface area (Å²) in [4.78, 5) is 2.29. The highest BCUT2D eigenvalue weighted by Crippen LogP contribution is 2.61. The van der Waals surface area contributed by atoms with Crippen molar-refractivity contribution in [3.8, 4) is 23.3 Å². The second kappa shape index (κ2) is 8.52. The lowest BCUT2D eigenvalue weighted by Crippen LogP contribution is -2.38. The zero-order valence-corrected chi connectivity index (χ0v) is 20.4. The molecule has 1 aliphatic carbocycles. The maximum atomic E-state index is 9.84. The largest absolute Gasteiger partial charge is 0.310 e. The summed E-state index contributed by atoms with van der Waals surface area (Å²) in [5, 5.41) is 19.7. The molecule has 1 heterocycles. The molecule has 0 bridgehead atoms. The number of hydrogen-bond acceptors (Lipinski definition) is 3. The maximum absolute atomic E-state index is 9.84. The molecule has 3 nitrogen and oxygen atoms in total. The molecule has 0 saturated heterocycles. The average molecular weight is 474 g/mol. The first-order valence-electron chi connectivity index (χ1n) is 12.2. The van der Waals surface area contributed by atoms with Crippen LogP contribution in [0.4, 0.5) is 11.4 Å². The van der Waals surface area contributed by atoms with Gasteiger partial charge in [0.05, 0.1) is 34.4 Å². The summed E-state index contributed by atoms with van der Waals surface area (Å²) < 4.78 is 0. The molecule has 0 aromatic heterocycles. The number of para-hydroxylation sites is 2. The zero-order chi connectivity index (χ0) is 25.6. The van der Waals surface area contributed by atoms with Gasteiger partial charge in [-0.05, 0) is 88.9 Å². The summed E-state index contributed by atoms with van der Waals surface area (Å²) in [6.45, 7) is 6.09. The molecule has 37 heavy (non-hydrogen) atoms. The summed E-state index contributed by atoms with van der Waals surface area (Å²) in [6.07, 6.45) is 5.85. The molecule has 0 amide bonds. The van der Waals surface area contributed by atoms with Crippen LogP contribution in [0, 0.1) is 22.7 Å². The third-order valence-corrected chi connectivity index (χ3v) is 7.54. The Balaban J connectivity index is 1.82. The van der Waals surface area contributed by atoms with Crippen LogP contribution in [0.1, 0.15) is 34.7 Å². The fourth-order valence-electron chi connectivity index (χ4n) is 6.05. The van der Waals surface area contributed by atoms with E-state index in [2.05, 4.69) is 73.0 Å². The first-order chi connectivity index (χ1) is 18.1. The molecule has 2 aliphatic rings. The van der Waals surface area contributed by atoms with E-state index in [-0.39, 0.29) is 0 Å². The quantitative estimate of drug-likeness (QED) is 0.284. The minimum atomic E-state index is -0.660. The molecular weight excluding hydrogens is 450 g/mol. The van der Waals surface area contributed by atoms with E-state index in [0.717, 1.165) is 50.5 Å². The van der Waals surface area contributed by atoms with E-state index in [4.69, 9.17) is 0 Å². The molecule has 1 spiro atoms. The fourth-order valence-corrected chi connectivity index (χ4v) is 6.05. The Morgan fingerprint density at radius 1 is 0.757 bits per heavy atom. The molecule has 0 radical (unpaired) electrons. The Morgan fingerprint density at radius 3 is 1.95 bits per heavy atom. The van der Waals surface area contributed by atoms with E-state index in [1.165, 1.54) is 0 Å². The number of rotatable bonds is 3. The summed E-state index contributed by atoms with van der Waals surface area (Å²) >= 11 is 0. The summed E-state index contributed by atoms with van der Waals surface area (Å²) in [5.41, 5.74) is 10.3. The number of nitrogens with zero attached hydrogens (tertiary/aromatic N) is 3. The van der Waals surface area contributed by atoms with Crippen molar-refractivity contribution in [2.75, 3.05) is 4.90 Å². The van der Waals surface area contributed by atoms with Crippen LogP contribution in [0.3, 0.4) is 0 Å². The highest BCUT2D eigenvalue weighted by molar-refractivity contribution is 5.92. The molecule has 174 valence electrons. The van der Waals surface area contributed by atoms with Crippen LogP contribution < -0.4 is 4.90 Å². The summed E-state index contributed by atoms with van der Waals surface area (Å²) in [5.74, 6) is 0. The second-order valence-corrected chi connectivity index (χ2v) is 9.29. The van der Waals surface area contributed by atoms with Gasteiger partial charge < -0.3 is 4.90 Å².